The number of hydrogen-bond donors (Lipinski definition) is 4. The lowest BCUT2D eigenvalue weighted by molar-refractivity contribution is -0.148. The molecular weight excluding hydrogens is 312 g/mol. The average Bonchev–Trinajstić information content (AvgIpc) is 2.53. The van der Waals surface area contributed by atoms with Gasteiger partial charge in [0, 0.05) is 11.8 Å². The SMILES string of the molecule is COC(=O)C1=C[C@@H](N=[N+]=[N-])[C@@H](NC(C)=O)[C@H]([C@@H](O)[C@H](O)CO)O1. The maximum absolute atomic E-state index is 11.6. The molecule has 5 atom stereocenters. The number of ether oxygens (including phenoxy) is 2. The fraction of sp³-hybridized carbons (Fsp3) is 0.667. The Kier molecular flexibility index (Phi) is 6.79. The molecule has 0 aromatic rings. The number of rotatable bonds is 6. The minimum atomic E-state index is -1.67. The minimum Gasteiger partial charge on any atom is -0.478 e. The number of carbonyl (C=O) groups excluding carboxylic acids is 2. The Morgan fingerprint density at radius 1 is 1.57 bits per heavy atom. The first-order valence-corrected chi connectivity index (χ1v) is 6.60. The molecule has 128 valence electrons. The maximum Gasteiger partial charge on any atom is 0.372 e. The van der Waals surface area contributed by atoms with Crippen molar-refractivity contribution in [1.29, 1.82) is 0 Å². The summed E-state index contributed by atoms with van der Waals surface area (Å²) in [6.07, 6.45) is -3.47. The molecular formula is C12H18N4O7. The van der Waals surface area contributed by atoms with Crippen LogP contribution < -0.4 is 5.32 Å². The standard InChI is InChI=1S/C12H18N4O7/c1-5(18)14-9-6(15-16-13)3-8(12(21)22-2)23-11(9)10(20)7(19)4-17/h3,6-7,9-11,17,19-20H,4H2,1-2H3,(H,14,18)/t6-,7-,9-,10+,11-/m1/s1. The first-order valence-electron chi connectivity index (χ1n) is 6.60. The number of nitrogens with one attached hydrogen (secondary N) is 1. The average molecular weight is 330 g/mol. The summed E-state index contributed by atoms with van der Waals surface area (Å²) in [7, 11) is 1.10. The molecule has 0 saturated heterocycles. The molecule has 1 amide bonds. The van der Waals surface area contributed by atoms with E-state index in [2.05, 4.69) is 20.1 Å². The first kappa shape index (κ1) is 18.7. The Labute approximate surface area is 131 Å². The van der Waals surface area contributed by atoms with Crippen LogP contribution in [-0.4, -0.2) is 71.3 Å². The molecule has 1 heterocycles. The van der Waals surface area contributed by atoms with Gasteiger partial charge in [-0.25, -0.2) is 4.79 Å². The molecule has 1 aliphatic rings. The zero-order chi connectivity index (χ0) is 17.6. The summed E-state index contributed by atoms with van der Waals surface area (Å²) in [5, 5.41) is 34.5. The van der Waals surface area contributed by atoms with Crippen LogP contribution in [0.5, 0.6) is 0 Å². The first-order chi connectivity index (χ1) is 10.8. The van der Waals surface area contributed by atoms with Gasteiger partial charge in [0.1, 0.15) is 18.3 Å². The van der Waals surface area contributed by atoms with E-state index in [4.69, 9.17) is 15.4 Å². The molecule has 11 nitrogen and oxygen atoms in total. The lowest BCUT2D eigenvalue weighted by atomic mass is 9.92. The molecule has 1 aliphatic heterocycles. The number of esters is 1. The minimum absolute atomic E-state index is 0.347. The predicted molar refractivity (Wildman–Crippen MR) is 74.6 cm³/mol. The fourth-order valence-corrected chi connectivity index (χ4v) is 2.11. The van der Waals surface area contributed by atoms with Gasteiger partial charge >= 0.3 is 5.97 Å². The topological polar surface area (TPSA) is 174 Å². The van der Waals surface area contributed by atoms with Gasteiger partial charge in [-0.3, -0.25) is 4.79 Å². The number of aliphatic hydroxyl groups is 3. The third kappa shape index (κ3) is 4.57. The molecule has 0 unspecified atom stereocenters. The normalized spacial score (nSPS) is 26.0. The van der Waals surface area contributed by atoms with Gasteiger partial charge in [0.25, 0.3) is 0 Å². The zero-order valence-electron chi connectivity index (χ0n) is 12.5. The second-order valence-corrected chi connectivity index (χ2v) is 4.77. The summed E-state index contributed by atoms with van der Waals surface area (Å²) in [5.74, 6) is -1.75. The maximum atomic E-state index is 11.6. The van der Waals surface area contributed by atoms with Crippen molar-refractivity contribution in [3.63, 3.8) is 0 Å². The smallest absolute Gasteiger partial charge is 0.372 e. The van der Waals surface area contributed by atoms with Gasteiger partial charge in [-0.2, -0.15) is 0 Å². The number of aliphatic hydroxyl groups excluding tert-OH is 3. The molecule has 0 saturated carbocycles. The molecule has 0 fully saturated rings. The lowest BCUT2D eigenvalue weighted by Gasteiger charge is -2.38. The van der Waals surface area contributed by atoms with Crippen LogP contribution in [0.2, 0.25) is 0 Å². The van der Waals surface area contributed by atoms with E-state index in [9.17, 15) is 19.8 Å². The molecule has 23 heavy (non-hydrogen) atoms. The highest BCUT2D eigenvalue weighted by atomic mass is 16.6. The van der Waals surface area contributed by atoms with Crippen molar-refractivity contribution in [1.82, 2.24) is 5.32 Å². The van der Waals surface area contributed by atoms with E-state index in [0.717, 1.165) is 13.2 Å². The van der Waals surface area contributed by atoms with Crippen LogP contribution >= 0.6 is 0 Å². The third-order valence-corrected chi connectivity index (χ3v) is 3.17. The summed E-state index contributed by atoms with van der Waals surface area (Å²) in [6.45, 7) is 0.413. The molecule has 4 N–H and O–H groups in total. The molecule has 0 aromatic heterocycles. The Balaban J connectivity index is 3.26. The third-order valence-electron chi connectivity index (χ3n) is 3.17. The molecule has 0 aromatic carbocycles. The highest BCUT2D eigenvalue weighted by Gasteiger charge is 2.43. The van der Waals surface area contributed by atoms with Crippen molar-refractivity contribution in [2.45, 2.75) is 37.3 Å². The van der Waals surface area contributed by atoms with Gasteiger partial charge < -0.3 is 30.1 Å². The van der Waals surface area contributed by atoms with Crippen LogP contribution in [0.1, 0.15) is 6.92 Å². The summed E-state index contributed by atoms with van der Waals surface area (Å²) in [4.78, 5) is 25.6. The van der Waals surface area contributed by atoms with E-state index in [1.54, 1.807) is 0 Å². The number of carbonyl (C=O) groups is 2. The number of hydrogen-bond acceptors (Lipinski definition) is 8. The Bertz CT molecular complexity index is 532. The Hall–Kier alpha value is -2.33. The highest BCUT2D eigenvalue weighted by Crippen LogP contribution is 2.25. The van der Waals surface area contributed by atoms with Crippen LogP contribution in [-0.2, 0) is 19.1 Å². The summed E-state index contributed by atoms with van der Waals surface area (Å²) in [5.41, 5.74) is 8.64. The quantitative estimate of drug-likeness (QED) is 0.195. The second kappa shape index (κ2) is 8.34. The highest BCUT2D eigenvalue weighted by molar-refractivity contribution is 5.86. The number of nitrogens with zero attached hydrogens (tertiary/aromatic N) is 3. The van der Waals surface area contributed by atoms with Gasteiger partial charge in [-0.05, 0) is 11.6 Å². The van der Waals surface area contributed by atoms with E-state index in [1.165, 1.54) is 6.92 Å². The summed E-state index contributed by atoms with van der Waals surface area (Å²) >= 11 is 0. The van der Waals surface area contributed by atoms with Crippen molar-refractivity contribution >= 4 is 11.9 Å². The van der Waals surface area contributed by atoms with Gasteiger partial charge in [-0.1, -0.05) is 5.11 Å². The lowest BCUT2D eigenvalue weighted by Crippen LogP contribution is -2.59. The molecule has 0 bridgehead atoms. The van der Waals surface area contributed by atoms with Crippen molar-refractivity contribution in [2.75, 3.05) is 13.7 Å². The van der Waals surface area contributed by atoms with Crippen molar-refractivity contribution in [3.8, 4) is 0 Å². The summed E-state index contributed by atoms with van der Waals surface area (Å²) in [6, 6.07) is -2.13. The molecule has 0 spiro atoms. The number of azide groups is 1. The van der Waals surface area contributed by atoms with E-state index < -0.39 is 48.9 Å². The number of amides is 1. The van der Waals surface area contributed by atoms with Gasteiger partial charge in [0.15, 0.2) is 0 Å². The zero-order valence-corrected chi connectivity index (χ0v) is 12.5. The Morgan fingerprint density at radius 3 is 2.70 bits per heavy atom. The molecule has 11 heteroatoms. The van der Waals surface area contributed by atoms with Crippen LogP contribution in [0, 0.1) is 0 Å². The van der Waals surface area contributed by atoms with E-state index in [0.29, 0.717) is 0 Å². The molecule has 0 radical (unpaired) electrons. The van der Waals surface area contributed by atoms with Gasteiger partial charge in [0.05, 0.1) is 25.8 Å². The van der Waals surface area contributed by atoms with E-state index in [1.807, 2.05) is 0 Å². The fourth-order valence-electron chi connectivity index (χ4n) is 2.11. The molecule has 0 aliphatic carbocycles. The Morgan fingerprint density at radius 2 is 2.22 bits per heavy atom. The van der Waals surface area contributed by atoms with Crippen LogP contribution in [0.15, 0.2) is 16.9 Å². The number of methoxy groups -OCH3 is 1. The largest absolute Gasteiger partial charge is 0.478 e. The van der Waals surface area contributed by atoms with Crippen LogP contribution in [0.3, 0.4) is 0 Å². The van der Waals surface area contributed by atoms with Crippen LogP contribution in [0.25, 0.3) is 10.4 Å². The molecule has 1 rings (SSSR count). The van der Waals surface area contributed by atoms with Gasteiger partial charge in [0.2, 0.25) is 11.7 Å². The van der Waals surface area contributed by atoms with Crippen molar-refractivity contribution < 1.29 is 34.4 Å². The van der Waals surface area contributed by atoms with Gasteiger partial charge in [-0.15, -0.1) is 0 Å². The van der Waals surface area contributed by atoms with Crippen molar-refractivity contribution in [2.24, 2.45) is 5.11 Å². The second-order valence-electron chi connectivity index (χ2n) is 4.77. The van der Waals surface area contributed by atoms with Crippen molar-refractivity contribution in [3.05, 3.63) is 22.3 Å². The predicted octanol–water partition coefficient (Wildman–Crippen LogP) is -1.66. The van der Waals surface area contributed by atoms with E-state index in [-0.39, 0.29) is 5.76 Å². The monoisotopic (exact) mass is 330 g/mol. The summed E-state index contributed by atoms with van der Waals surface area (Å²) < 4.78 is 9.78. The van der Waals surface area contributed by atoms with E-state index >= 15 is 0 Å². The van der Waals surface area contributed by atoms with Crippen LogP contribution in [0.4, 0.5) is 0 Å².